The van der Waals surface area contributed by atoms with Gasteiger partial charge in [0.2, 0.25) is 0 Å². The van der Waals surface area contributed by atoms with Crippen molar-refractivity contribution in [2.24, 2.45) is 0 Å². The molecular weight excluding hydrogens is 296 g/mol. The molecule has 1 aromatic heterocycles. The van der Waals surface area contributed by atoms with Gasteiger partial charge in [-0.1, -0.05) is 35.9 Å². The molecule has 0 saturated heterocycles. The van der Waals surface area contributed by atoms with Crippen LogP contribution in [0.15, 0.2) is 54.6 Å². The average Bonchev–Trinajstić information content (AvgIpc) is 2.91. The first-order valence-electron chi connectivity index (χ1n) is 7.34. The second-order valence-electron chi connectivity index (χ2n) is 5.58. The first-order valence-corrected chi connectivity index (χ1v) is 7.72. The predicted molar refractivity (Wildman–Crippen MR) is 88.1 cm³/mol. The van der Waals surface area contributed by atoms with Crippen molar-refractivity contribution in [1.29, 1.82) is 0 Å². The van der Waals surface area contributed by atoms with E-state index in [0.29, 0.717) is 17.1 Å². The number of nitrogens with zero attached hydrogens (tertiary/aromatic N) is 2. The van der Waals surface area contributed by atoms with Crippen LogP contribution >= 0.6 is 11.6 Å². The first-order chi connectivity index (χ1) is 10.7. The predicted octanol–water partition coefficient (Wildman–Crippen LogP) is 3.95. The summed E-state index contributed by atoms with van der Waals surface area (Å²) in [5, 5.41) is 1.83. The van der Waals surface area contributed by atoms with Crippen LogP contribution in [0.3, 0.4) is 0 Å². The summed E-state index contributed by atoms with van der Waals surface area (Å²) in [5.74, 6) is 0.0407. The van der Waals surface area contributed by atoms with Crippen LogP contribution in [-0.4, -0.2) is 21.9 Å². The molecule has 4 rings (SSSR count). The summed E-state index contributed by atoms with van der Waals surface area (Å²) in [5.41, 5.74) is 3.08. The quantitative estimate of drug-likeness (QED) is 0.668. The van der Waals surface area contributed by atoms with E-state index in [-0.39, 0.29) is 5.91 Å². The van der Waals surface area contributed by atoms with Gasteiger partial charge in [0.25, 0.3) is 5.91 Å². The Labute approximate surface area is 133 Å². The minimum absolute atomic E-state index is 0.0407. The van der Waals surface area contributed by atoms with Gasteiger partial charge >= 0.3 is 0 Å². The molecule has 0 N–H and O–H groups in total. The van der Waals surface area contributed by atoms with E-state index in [0.717, 1.165) is 13.1 Å². The molecule has 0 aliphatic carbocycles. The lowest BCUT2D eigenvalue weighted by Gasteiger charge is -2.29. The summed E-state index contributed by atoms with van der Waals surface area (Å²) in [7, 11) is 0. The van der Waals surface area contributed by atoms with Crippen molar-refractivity contribution in [3.8, 4) is 0 Å². The third-order valence-electron chi connectivity index (χ3n) is 4.20. The fourth-order valence-electron chi connectivity index (χ4n) is 3.14. The van der Waals surface area contributed by atoms with Crippen molar-refractivity contribution >= 4 is 28.4 Å². The van der Waals surface area contributed by atoms with Gasteiger partial charge in [0.05, 0.1) is 6.54 Å². The van der Waals surface area contributed by atoms with Gasteiger partial charge in [0.15, 0.2) is 0 Å². The van der Waals surface area contributed by atoms with Gasteiger partial charge in [-0.15, -0.1) is 0 Å². The van der Waals surface area contributed by atoms with Gasteiger partial charge in [-0.25, -0.2) is 0 Å². The zero-order chi connectivity index (χ0) is 15.1. The summed E-state index contributed by atoms with van der Waals surface area (Å²) in [4.78, 5) is 14.5. The lowest BCUT2D eigenvalue weighted by atomic mass is 10.2. The number of carbonyl (C=O) groups excluding carboxylic acids is 1. The fraction of sp³-hybridized carbons (Fsp3) is 0.167. The number of rotatable bonds is 1. The zero-order valence-electron chi connectivity index (χ0n) is 12.0. The molecule has 0 radical (unpaired) electrons. The highest BCUT2D eigenvalue weighted by Gasteiger charge is 2.23. The average molecular weight is 311 g/mol. The number of hydrogen-bond acceptors (Lipinski definition) is 1. The van der Waals surface area contributed by atoms with E-state index < -0.39 is 0 Å². The maximum Gasteiger partial charge on any atom is 0.254 e. The van der Waals surface area contributed by atoms with Crippen LogP contribution in [-0.2, 0) is 13.1 Å². The number of halogens is 1. The van der Waals surface area contributed by atoms with Gasteiger partial charge in [0.1, 0.15) is 0 Å². The Kier molecular flexibility index (Phi) is 3.16. The maximum atomic E-state index is 12.6. The Bertz CT molecular complexity index is 868. The molecule has 0 atom stereocenters. The largest absolute Gasteiger partial charge is 0.341 e. The van der Waals surface area contributed by atoms with Crippen molar-refractivity contribution in [3.63, 3.8) is 0 Å². The van der Waals surface area contributed by atoms with Gasteiger partial charge in [-0.3, -0.25) is 4.79 Å². The Balaban J connectivity index is 1.65. The molecule has 2 aromatic carbocycles. The smallest absolute Gasteiger partial charge is 0.254 e. The molecule has 1 aliphatic rings. The molecule has 22 heavy (non-hydrogen) atoms. The molecule has 4 heteroatoms. The normalized spacial score (nSPS) is 14.1. The molecule has 2 heterocycles. The number of carbonyl (C=O) groups is 1. The zero-order valence-corrected chi connectivity index (χ0v) is 12.8. The maximum absolute atomic E-state index is 12.6. The van der Waals surface area contributed by atoms with Gasteiger partial charge in [-0.2, -0.15) is 0 Å². The standard InChI is InChI=1S/C18H15ClN2O/c19-15-6-3-5-14(10-15)18(22)20-8-9-21-16(12-20)11-13-4-1-2-7-17(13)21/h1-7,10-11H,8-9,12H2. The number of benzene rings is 2. The van der Waals surface area contributed by atoms with Crippen LogP contribution in [0.4, 0.5) is 0 Å². The van der Waals surface area contributed by atoms with E-state index in [1.54, 1.807) is 12.1 Å². The van der Waals surface area contributed by atoms with Crippen LogP contribution in [0, 0.1) is 0 Å². The summed E-state index contributed by atoms with van der Waals surface area (Å²) >= 11 is 5.99. The third kappa shape index (κ3) is 2.18. The number of fused-ring (bicyclic) bond motifs is 3. The van der Waals surface area contributed by atoms with Crippen LogP contribution < -0.4 is 0 Å². The molecule has 0 bridgehead atoms. The van der Waals surface area contributed by atoms with Crippen molar-refractivity contribution in [3.05, 3.63) is 70.9 Å². The van der Waals surface area contributed by atoms with Crippen molar-refractivity contribution in [1.82, 2.24) is 9.47 Å². The second kappa shape index (κ2) is 5.18. The van der Waals surface area contributed by atoms with E-state index in [4.69, 9.17) is 11.6 Å². The minimum Gasteiger partial charge on any atom is -0.341 e. The molecule has 0 spiro atoms. The van der Waals surface area contributed by atoms with Gasteiger partial charge in [0, 0.05) is 34.9 Å². The van der Waals surface area contributed by atoms with Gasteiger partial charge < -0.3 is 9.47 Å². The van der Waals surface area contributed by atoms with Crippen LogP contribution in [0.1, 0.15) is 16.1 Å². The van der Waals surface area contributed by atoms with Crippen LogP contribution in [0.2, 0.25) is 5.02 Å². The number of amides is 1. The van der Waals surface area contributed by atoms with E-state index in [9.17, 15) is 4.79 Å². The molecule has 110 valence electrons. The first kappa shape index (κ1) is 13.4. The molecule has 0 saturated carbocycles. The highest BCUT2D eigenvalue weighted by Crippen LogP contribution is 2.25. The Morgan fingerprint density at radius 2 is 1.86 bits per heavy atom. The number of hydrogen-bond donors (Lipinski definition) is 0. The van der Waals surface area contributed by atoms with Crippen LogP contribution in [0.25, 0.3) is 10.9 Å². The molecule has 0 unspecified atom stereocenters. The van der Waals surface area contributed by atoms with E-state index in [2.05, 4.69) is 28.8 Å². The molecule has 1 amide bonds. The van der Waals surface area contributed by atoms with Gasteiger partial charge in [-0.05, 0) is 35.7 Å². The van der Waals surface area contributed by atoms with E-state index in [1.807, 2.05) is 23.1 Å². The van der Waals surface area contributed by atoms with E-state index in [1.165, 1.54) is 16.6 Å². The molecule has 1 aliphatic heterocycles. The van der Waals surface area contributed by atoms with Crippen molar-refractivity contribution < 1.29 is 4.79 Å². The number of para-hydroxylation sites is 1. The SMILES string of the molecule is O=C(c1cccc(Cl)c1)N1CCn2c(cc3ccccc32)C1. The van der Waals surface area contributed by atoms with Crippen LogP contribution in [0.5, 0.6) is 0 Å². The molecule has 3 aromatic rings. The van der Waals surface area contributed by atoms with Crippen molar-refractivity contribution in [2.45, 2.75) is 13.1 Å². The fourth-order valence-corrected chi connectivity index (χ4v) is 3.33. The second-order valence-corrected chi connectivity index (χ2v) is 6.02. The Morgan fingerprint density at radius 3 is 2.73 bits per heavy atom. The lowest BCUT2D eigenvalue weighted by molar-refractivity contribution is 0.0712. The summed E-state index contributed by atoms with van der Waals surface area (Å²) in [6.45, 7) is 2.19. The van der Waals surface area contributed by atoms with Crippen molar-refractivity contribution in [2.75, 3.05) is 6.54 Å². The highest BCUT2D eigenvalue weighted by atomic mass is 35.5. The number of aromatic nitrogens is 1. The third-order valence-corrected chi connectivity index (χ3v) is 4.44. The lowest BCUT2D eigenvalue weighted by Crippen LogP contribution is -2.38. The summed E-state index contributed by atoms with van der Waals surface area (Å²) in [6.07, 6.45) is 0. The monoisotopic (exact) mass is 310 g/mol. The summed E-state index contributed by atoms with van der Waals surface area (Å²) < 4.78 is 2.30. The van der Waals surface area contributed by atoms with E-state index >= 15 is 0 Å². The molecule has 3 nitrogen and oxygen atoms in total. The highest BCUT2D eigenvalue weighted by molar-refractivity contribution is 6.30. The Hall–Kier alpha value is -2.26. The molecule has 0 fully saturated rings. The Morgan fingerprint density at radius 1 is 1.00 bits per heavy atom. The summed E-state index contributed by atoms with van der Waals surface area (Å²) in [6, 6.07) is 17.7. The topological polar surface area (TPSA) is 25.2 Å². The minimum atomic E-state index is 0.0407. The molecular formula is C18H15ClN2O.